The Morgan fingerprint density at radius 1 is 1.14 bits per heavy atom. The number of sulfonamides is 1. The minimum atomic E-state index is -3.68. The SMILES string of the molecule is Cc1ccc(NC(=O)N2CCN(C(=O)CNS(=O)(=O)c3cccs3)CC2)cc1Cl. The van der Waals surface area contributed by atoms with E-state index in [1.54, 1.807) is 33.4 Å². The quantitative estimate of drug-likeness (QED) is 0.721. The number of benzene rings is 1. The van der Waals surface area contributed by atoms with E-state index in [4.69, 9.17) is 11.6 Å². The predicted molar refractivity (Wildman–Crippen MR) is 113 cm³/mol. The highest BCUT2D eigenvalue weighted by Gasteiger charge is 2.25. The van der Waals surface area contributed by atoms with Gasteiger partial charge in [-0.15, -0.1) is 11.3 Å². The zero-order valence-electron chi connectivity index (χ0n) is 15.7. The Morgan fingerprint density at radius 3 is 2.45 bits per heavy atom. The molecule has 3 rings (SSSR count). The summed E-state index contributed by atoms with van der Waals surface area (Å²) in [6.45, 7) is 2.95. The second-order valence-electron chi connectivity index (χ2n) is 6.52. The second-order valence-corrected chi connectivity index (χ2v) is 9.87. The summed E-state index contributed by atoms with van der Waals surface area (Å²) >= 11 is 7.16. The molecule has 3 amide bonds. The van der Waals surface area contributed by atoms with Gasteiger partial charge in [-0.3, -0.25) is 4.79 Å². The van der Waals surface area contributed by atoms with Crippen molar-refractivity contribution in [3.63, 3.8) is 0 Å². The summed E-state index contributed by atoms with van der Waals surface area (Å²) in [6, 6.07) is 8.14. The summed E-state index contributed by atoms with van der Waals surface area (Å²) in [6.07, 6.45) is 0. The number of nitrogens with one attached hydrogen (secondary N) is 2. The first-order valence-corrected chi connectivity index (χ1v) is 11.6. The van der Waals surface area contributed by atoms with E-state index in [0.29, 0.717) is 36.9 Å². The minimum absolute atomic E-state index is 0.169. The van der Waals surface area contributed by atoms with Crippen molar-refractivity contribution in [1.29, 1.82) is 0 Å². The maximum atomic E-state index is 12.4. The van der Waals surface area contributed by atoms with Crippen molar-refractivity contribution in [3.05, 3.63) is 46.3 Å². The summed E-state index contributed by atoms with van der Waals surface area (Å²) in [5.41, 5.74) is 1.53. The van der Waals surface area contributed by atoms with Crippen LogP contribution in [0.3, 0.4) is 0 Å². The van der Waals surface area contributed by atoms with Crippen molar-refractivity contribution >= 4 is 50.6 Å². The molecule has 156 valence electrons. The maximum Gasteiger partial charge on any atom is 0.321 e. The lowest BCUT2D eigenvalue weighted by atomic mass is 10.2. The van der Waals surface area contributed by atoms with E-state index in [1.807, 2.05) is 13.0 Å². The molecule has 1 aromatic heterocycles. The highest BCUT2D eigenvalue weighted by molar-refractivity contribution is 7.91. The fourth-order valence-corrected chi connectivity index (χ4v) is 4.98. The third kappa shape index (κ3) is 5.47. The van der Waals surface area contributed by atoms with Crippen LogP contribution in [0.5, 0.6) is 0 Å². The van der Waals surface area contributed by atoms with E-state index in [-0.39, 0.29) is 22.7 Å². The lowest BCUT2D eigenvalue weighted by Crippen LogP contribution is -2.53. The summed E-state index contributed by atoms with van der Waals surface area (Å²) in [4.78, 5) is 27.9. The molecule has 2 N–H and O–H groups in total. The van der Waals surface area contributed by atoms with Crippen molar-refractivity contribution in [1.82, 2.24) is 14.5 Å². The Balaban J connectivity index is 1.47. The van der Waals surface area contributed by atoms with Crippen LogP contribution in [0, 0.1) is 6.92 Å². The molecular weight excluding hydrogens is 436 g/mol. The normalized spacial score (nSPS) is 14.7. The number of halogens is 1. The van der Waals surface area contributed by atoms with Gasteiger partial charge >= 0.3 is 6.03 Å². The number of rotatable bonds is 5. The number of anilines is 1. The molecule has 2 heterocycles. The van der Waals surface area contributed by atoms with Crippen molar-refractivity contribution in [2.45, 2.75) is 11.1 Å². The van der Waals surface area contributed by atoms with Crippen molar-refractivity contribution in [2.75, 3.05) is 38.0 Å². The Hall–Kier alpha value is -2.14. The largest absolute Gasteiger partial charge is 0.338 e. The van der Waals surface area contributed by atoms with Gasteiger partial charge in [0.25, 0.3) is 10.0 Å². The number of urea groups is 1. The standard InChI is InChI=1S/C18H21ClN4O4S2/c1-13-4-5-14(11-15(13)19)21-18(25)23-8-6-22(7-9-23)16(24)12-20-29(26,27)17-3-2-10-28-17/h2-5,10-11,20H,6-9,12H2,1H3,(H,21,25). The zero-order valence-corrected chi connectivity index (χ0v) is 18.1. The first-order valence-electron chi connectivity index (χ1n) is 8.89. The van der Waals surface area contributed by atoms with Crippen LogP contribution in [-0.4, -0.2) is 62.9 Å². The molecule has 1 fully saturated rings. The van der Waals surface area contributed by atoms with E-state index >= 15 is 0 Å². The second kappa shape index (κ2) is 9.12. The van der Waals surface area contributed by atoms with Crippen LogP contribution in [0.1, 0.15) is 5.56 Å². The highest BCUT2D eigenvalue weighted by Crippen LogP contribution is 2.20. The number of thiophene rings is 1. The fraction of sp³-hybridized carbons (Fsp3) is 0.333. The summed E-state index contributed by atoms with van der Waals surface area (Å²) in [5, 5.41) is 5.02. The van der Waals surface area contributed by atoms with Gasteiger partial charge in [0.05, 0.1) is 6.54 Å². The third-order valence-electron chi connectivity index (χ3n) is 4.52. The molecule has 1 aliphatic heterocycles. The number of nitrogens with zero attached hydrogens (tertiary/aromatic N) is 2. The number of hydrogen-bond donors (Lipinski definition) is 2. The number of carbonyl (C=O) groups excluding carboxylic acids is 2. The van der Waals surface area contributed by atoms with Gasteiger partial charge in [-0.05, 0) is 36.1 Å². The number of carbonyl (C=O) groups is 2. The molecule has 0 spiro atoms. The summed E-state index contributed by atoms with van der Waals surface area (Å²) < 4.78 is 26.7. The van der Waals surface area contributed by atoms with E-state index in [0.717, 1.165) is 16.9 Å². The Kier molecular flexibility index (Phi) is 6.78. The molecule has 0 saturated carbocycles. The molecule has 11 heteroatoms. The lowest BCUT2D eigenvalue weighted by molar-refractivity contribution is -0.131. The van der Waals surface area contributed by atoms with Crippen LogP contribution in [0.25, 0.3) is 0 Å². The van der Waals surface area contributed by atoms with Crippen LogP contribution in [0.15, 0.2) is 39.9 Å². The van der Waals surface area contributed by atoms with Gasteiger partial charge in [0.2, 0.25) is 5.91 Å². The monoisotopic (exact) mass is 456 g/mol. The molecule has 8 nitrogen and oxygen atoms in total. The first-order chi connectivity index (χ1) is 13.8. The smallest absolute Gasteiger partial charge is 0.321 e. The first kappa shape index (κ1) is 21.6. The van der Waals surface area contributed by atoms with Crippen molar-refractivity contribution in [3.8, 4) is 0 Å². The van der Waals surface area contributed by atoms with E-state index in [2.05, 4.69) is 10.0 Å². The van der Waals surface area contributed by atoms with E-state index in [1.165, 1.54) is 6.07 Å². The van der Waals surface area contributed by atoms with Gasteiger partial charge < -0.3 is 15.1 Å². The van der Waals surface area contributed by atoms with Gasteiger partial charge in [0.1, 0.15) is 4.21 Å². The topological polar surface area (TPSA) is 98.8 Å². The van der Waals surface area contributed by atoms with Gasteiger partial charge in [-0.2, -0.15) is 0 Å². The molecule has 1 aliphatic rings. The molecule has 1 saturated heterocycles. The van der Waals surface area contributed by atoms with Crippen LogP contribution in [-0.2, 0) is 14.8 Å². The summed E-state index contributed by atoms with van der Waals surface area (Å²) in [7, 11) is -3.68. The molecule has 0 aliphatic carbocycles. The van der Waals surface area contributed by atoms with Crippen molar-refractivity contribution in [2.24, 2.45) is 0 Å². The highest BCUT2D eigenvalue weighted by atomic mass is 35.5. The average molecular weight is 457 g/mol. The van der Waals surface area contributed by atoms with Crippen LogP contribution < -0.4 is 10.0 Å². The lowest BCUT2D eigenvalue weighted by Gasteiger charge is -2.34. The van der Waals surface area contributed by atoms with Crippen LogP contribution in [0.2, 0.25) is 5.02 Å². The summed E-state index contributed by atoms with van der Waals surface area (Å²) in [5.74, 6) is -0.324. The Bertz CT molecular complexity index is 987. The predicted octanol–water partition coefficient (Wildman–Crippen LogP) is 2.36. The maximum absolute atomic E-state index is 12.4. The zero-order chi connectivity index (χ0) is 21.0. The number of hydrogen-bond acceptors (Lipinski definition) is 5. The van der Waals surface area contributed by atoms with Crippen molar-refractivity contribution < 1.29 is 18.0 Å². The molecule has 0 radical (unpaired) electrons. The fourth-order valence-electron chi connectivity index (χ4n) is 2.79. The van der Waals surface area contributed by atoms with E-state index < -0.39 is 10.0 Å². The average Bonchev–Trinajstić information content (AvgIpc) is 3.25. The van der Waals surface area contributed by atoms with Gasteiger partial charge in [0, 0.05) is 36.9 Å². The number of aryl methyl sites for hydroxylation is 1. The van der Waals surface area contributed by atoms with Gasteiger partial charge in [-0.25, -0.2) is 17.9 Å². The molecule has 0 bridgehead atoms. The van der Waals surface area contributed by atoms with Gasteiger partial charge in [-0.1, -0.05) is 23.7 Å². The number of piperazine rings is 1. The third-order valence-corrected chi connectivity index (χ3v) is 7.72. The van der Waals surface area contributed by atoms with Gasteiger partial charge in [0.15, 0.2) is 0 Å². The van der Waals surface area contributed by atoms with E-state index in [9.17, 15) is 18.0 Å². The molecule has 0 unspecified atom stereocenters. The molecule has 29 heavy (non-hydrogen) atoms. The molecule has 1 aromatic carbocycles. The molecular formula is C18H21ClN4O4S2. The molecule has 0 atom stereocenters. The Labute approximate surface area is 178 Å². The number of amides is 3. The minimum Gasteiger partial charge on any atom is -0.338 e. The molecule has 2 aromatic rings. The Morgan fingerprint density at radius 2 is 1.83 bits per heavy atom. The van der Waals surface area contributed by atoms with Crippen LogP contribution in [0.4, 0.5) is 10.5 Å². The van der Waals surface area contributed by atoms with Crippen LogP contribution >= 0.6 is 22.9 Å².